The average molecular weight is 583 g/mol. The second-order valence-electron chi connectivity index (χ2n) is 8.60. The van der Waals surface area contributed by atoms with Crippen LogP contribution in [0.2, 0.25) is 0 Å². The number of methoxy groups -OCH3 is 3. The van der Waals surface area contributed by atoms with Gasteiger partial charge in [0, 0.05) is 33.1 Å². The molecule has 0 unspecified atom stereocenters. The van der Waals surface area contributed by atoms with Gasteiger partial charge in [-0.25, -0.2) is 4.79 Å². The summed E-state index contributed by atoms with van der Waals surface area (Å²) in [6.07, 6.45) is 0.453. The summed E-state index contributed by atoms with van der Waals surface area (Å²) in [5.41, 5.74) is 2.59. The van der Waals surface area contributed by atoms with Crippen LogP contribution in [0.3, 0.4) is 0 Å². The Morgan fingerprint density at radius 3 is 2.44 bits per heavy atom. The van der Waals surface area contributed by atoms with Crippen molar-refractivity contribution < 1.29 is 33.3 Å². The Bertz CT molecular complexity index is 1110. The molecule has 0 aromatic heterocycles. The quantitative estimate of drug-likeness (QED) is 0.258. The summed E-state index contributed by atoms with van der Waals surface area (Å²) >= 11 is 5.27. The Morgan fingerprint density at radius 2 is 1.83 bits per heavy atom. The molecule has 0 amide bonds. The molecule has 1 aromatic rings. The lowest BCUT2D eigenvalue weighted by Crippen LogP contribution is -2.43. The molecule has 1 heterocycles. The lowest BCUT2D eigenvalue weighted by molar-refractivity contribution is -0.151. The van der Waals surface area contributed by atoms with Gasteiger partial charge in [-0.2, -0.15) is 11.8 Å². The number of allylic oxidation sites excluding steroid dienone is 3. The summed E-state index contributed by atoms with van der Waals surface area (Å²) in [5, 5.41) is 3.27. The van der Waals surface area contributed by atoms with E-state index in [1.165, 1.54) is 21.3 Å². The summed E-state index contributed by atoms with van der Waals surface area (Å²) in [5.74, 6) is -0.959. The Kier molecular flexibility index (Phi) is 9.52. The number of Topliss-reactive ketones (excluding diaryl/α,β-unsaturated/α-hetero) is 1. The van der Waals surface area contributed by atoms with Gasteiger partial charge in [0.2, 0.25) is 0 Å². The van der Waals surface area contributed by atoms with E-state index in [1.807, 2.05) is 13.8 Å². The molecule has 1 aliphatic heterocycles. The predicted molar refractivity (Wildman–Crippen MR) is 141 cm³/mol. The largest absolute Gasteiger partial charge is 0.493 e. The third-order valence-corrected chi connectivity index (χ3v) is 7.99. The molecular weight excluding hydrogens is 550 g/mol. The van der Waals surface area contributed by atoms with Gasteiger partial charge in [-0.1, -0.05) is 29.8 Å². The number of carbonyl (C=O) groups is 3. The molecule has 1 aliphatic carbocycles. The van der Waals surface area contributed by atoms with Crippen molar-refractivity contribution in [3.8, 4) is 11.5 Å². The maximum absolute atomic E-state index is 13.9. The molecule has 1 N–H and O–H groups in total. The van der Waals surface area contributed by atoms with Gasteiger partial charge in [-0.15, -0.1) is 0 Å². The number of halogens is 1. The van der Waals surface area contributed by atoms with E-state index in [4.69, 9.17) is 18.9 Å². The maximum atomic E-state index is 13.9. The molecule has 0 radical (unpaired) electrons. The molecule has 0 saturated heterocycles. The molecule has 0 spiro atoms. The molecule has 0 saturated carbocycles. The molecule has 36 heavy (non-hydrogen) atoms. The van der Waals surface area contributed by atoms with Gasteiger partial charge in [-0.3, -0.25) is 9.59 Å². The lowest BCUT2D eigenvalue weighted by Gasteiger charge is -2.38. The van der Waals surface area contributed by atoms with Crippen LogP contribution < -0.4 is 14.8 Å². The highest BCUT2D eigenvalue weighted by Gasteiger charge is 2.47. The van der Waals surface area contributed by atoms with Crippen LogP contribution in [0.25, 0.3) is 0 Å². The van der Waals surface area contributed by atoms with Gasteiger partial charge >= 0.3 is 11.9 Å². The van der Waals surface area contributed by atoms with Crippen LogP contribution in [0.1, 0.15) is 38.7 Å². The van der Waals surface area contributed by atoms with E-state index in [9.17, 15) is 14.4 Å². The first-order valence-corrected chi connectivity index (χ1v) is 13.6. The zero-order valence-corrected chi connectivity index (χ0v) is 23.8. The molecule has 1 aromatic carbocycles. The van der Waals surface area contributed by atoms with Crippen LogP contribution in [0.5, 0.6) is 11.5 Å². The van der Waals surface area contributed by atoms with Crippen LogP contribution in [0.15, 0.2) is 39.1 Å². The number of benzene rings is 1. The van der Waals surface area contributed by atoms with Crippen LogP contribution in [-0.4, -0.2) is 57.2 Å². The molecule has 2 aliphatic rings. The van der Waals surface area contributed by atoms with Crippen LogP contribution in [0.4, 0.5) is 0 Å². The number of ether oxygens (including phenoxy) is 4. The fourth-order valence-corrected chi connectivity index (χ4v) is 5.81. The number of hydrogen-bond acceptors (Lipinski definition) is 9. The summed E-state index contributed by atoms with van der Waals surface area (Å²) < 4.78 is 22.2. The van der Waals surface area contributed by atoms with Crippen molar-refractivity contribution in [2.24, 2.45) is 11.8 Å². The Balaban J connectivity index is 2.19. The first-order valence-electron chi connectivity index (χ1n) is 11.7. The first-order chi connectivity index (χ1) is 17.2. The number of thioether (sulfide) groups is 1. The lowest BCUT2D eigenvalue weighted by atomic mass is 9.69. The number of carbonyl (C=O) groups excluding carboxylic acids is 3. The summed E-state index contributed by atoms with van der Waals surface area (Å²) in [7, 11) is 4.32. The van der Waals surface area contributed by atoms with Crippen molar-refractivity contribution in [2.45, 2.75) is 33.1 Å². The van der Waals surface area contributed by atoms with Crippen molar-refractivity contribution in [1.29, 1.82) is 0 Å². The highest BCUT2D eigenvalue weighted by molar-refractivity contribution is 9.10. The number of nitrogens with one attached hydrogen (secondary N) is 1. The summed E-state index contributed by atoms with van der Waals surface area (Å²) in [6.45, 7) is 5.93. The van der Waals surface area contributed by atoms with E-state index in [-0.39, 0.29) is 18.3 Å². The highest BCUT2D eigenvalue weighted by Crippen LogP contribution is 2.49. The maximum Gasteiger partial charge on any atom is 0.336 e. The van der Waals surface area contributed by atoms with Crippen LogP contribution in [-0.2, 0) is 23.9 Å². The van der Waals surface area contributed by atoms with Crippen molar-refractivity contribution in [2.75, 3.05) is 39.4 Å². The molecule has 0 fully saturated rings. The van der Waals surface area contributed by atoms with Crippen molar-refractivity contribution in [3.05, 3.63) is 44.7 Å². The summed E-state index contributed by atoms with van der Waals surface area (Å²) in [6, 6.07) is 3.48. The number of ketones is 1. The second kappa shape index (κ2) is 12.2. The van der Waals surface area contributed by atoms with E-state index in [0.717, 1.165) is 5.75 Å². The zero-order chi connectivity index (χ0) is 26.6. The number of esters is 2. The van der Waals surface area contributed by atoms with Crippen LogP contribution in [0, 0.1) is 11.8 Å². The third-order valence-electron chi connectivity index (χ3n) is 6.44. The Hall–Kier alpha value is -2.46. The van der Waals surface area contributed by atoms with Gasteiger partial charge in [0.05, 0.1) is 26.9 Å². The van der Waals surface area contributed by atoms with E-state index < -0.39 is 23.8 Å². The minimum atomic E-state index is -0.964. The van der Waals surface area contributed by atoms with Gasteiger partial charge < -0.3 is 24.3 Å². The van der Waals surface area contributed by atoms with Crippen LogP contribution >= 0.6 is 27.7 Å². The standard InChI is InChI=1S/C26H32BrNO7S/c1-7-36-9-8-35-26(31)21-14(3)28-17-10-13(2)20(25(30)34-6)24(29)23(17)22(21)15-11-18(32-4)19(33-5)12-16(15)27/h11-13,20,22,28H,7-10H2,1-6H3/t13-,20-,22-/m1/s1. The van der Waals surface area contributed by atoms with Gasteiger partial charge in [0.15, 0.2) is 17.3 Å². The van der Waals surface area contributed by atoms with E-state index in [0.29, 0.717) is 56.2 Å². The monoisotopic (exact) mass is 581 g/mol. The Morgan fingerprint density at radius 1 is 1.17 bits per heavy atom. The number of rotatable bonds is 9. The average Bonchev–Trinajstić information content (AvgIpc) is 2.85. The SMILES string of the molecule is CCSCCOC(=O)C1=C(C)NC2=C(C(=O)[C@H](C(=O)OC)[C@H](C)C2)[C@@H]1c1cc(OC)c(OC)cc1Br. The molecule has 0 bridgehead atoms. The van der Waals surface area contributed by atoms with Crippen molar-refractivity contribution in [3.63, 3.8) is 0 Å². The summed E-state index contributed by atoms with van der Waals surface area (Å²) in [4.78, 5) is 39.9. The smallest absolute Gasteiger partial charge is 0.336 e. The molecule has 10 heteroatoms. The third kappa shape index (κ3) is 5.44. The van der Waals surface area contributed by atoms with E-state index in [2.05, 4.69) is 21.2 Å². The van der Waals surface area contributed by atoms with E-state index in [1.54, 1.807) is 30.8 Å². The topological polar surface area (TPSA) is 100 Å². The number of dihydropyridines is 1. The van der Waals surface area contributed by atoms with E-state index >= 15 is 0 Å². The fourth-order valence-electron chi connectivity index (χ4n) is 4.77. The van der Waals surface area contributed by atoms with Gasteiger partial charge in [-0.05, 0) is 42.7 Å². The number of hydrogen-bond donors (Lipinski definition) is 1. The Labute approximate surface area is 224 Å². The van der Waals surface area contributed by atoms with Crippen molar-refractivity contribution in [1.82, 2.24) is 5.32 Å². The fraction of sp³-hybridized carbons (Fsp3) is 0.500. The molecular formula is C26H32BrNO7S. The minimum Gasteiger partial charge on any atom is -0.493 e. The molecule has 3 rings (SSSR count). The molecule has 3 atom stereocenters. The second-order valence-corrected chi connectivity index (χ2v) is 10.8. The van der Waals surface area contributed by atoms with Gasteiger partial charge in [0.25, 0.3) is 0 Å². The van der Waals surface area contributed by atoms with Gasteiger partial charge in [0.1, 0.15) is 12.5 Å². The molecule has 8 nitrogen and oxygen atoms in total. The minimum absolute atomic E-state index is 0.246. The normalized spacial score (nSPS) is 21.5. The van der Waals surface area contributed by atoms with Crippen molar-refractivity contribution >= 4 is 45.4 Å². The molecule has 196 valence electrons. The zero-order valence-electron chi connectivity index (χ0n) is 21.4. The first kappa shape index (κ1) is 28.1. The highest BCUT2D eigenvalue weighted by atomic mass is 79.9. The predicted octanol–water partition coefficient (Wildman–Crippen LogP) is 4.38.